The van der Waals surface area contributed by atoms with Crippen LogP contribution in [0, 0.1) is 0 Å². The van der Waals surface area contributed by atoms with Crippen LogP contribution < -0.4 is 0 Å². The van der Waals surface area contributed by atoms with Crippen molar-refractivity contribution in [3.8, 4) is 0 Å². The minimum Gasteiger partial charge on any atom is -0.478 e. The Morgan fingerprint density at radius 3 is 2.69 bits per heavy atom. The Bertz CT molecular complexity index is 271. The Labute approximate surface area is 98.1 Å². The van der Waals surface area contributed by atoms with Gasteiger partial charge in [-0.2, -0.15) is 0 Å². The van der Waals surface area contributed by atoms with E-state index in [0.717, 1.165) is 45.2 Å². The monoisotopic (exact) mass is 225 g/mol. The number of aliphatic carboxylic acids is 1. The van der Waals surface area contributed by atoms with E-state index in [4.69, 9.17) is 0 Å². The molecule has 0 amide bonds. The minimum absolute atomic E-state index is 0.641. The Balaban J connectivity index is 2.68. The SMILES string of the molecule is CCCCC1=C(C(=O)O)CN(CCC)CC1. The normalized spacial score (nSPS) is 17.9. The molecule has 3 heteroatoms. The van der Waals surface area contributed by atoms with Crippen LogP contribution in [0.4, 0.5) is 0 Å². The van der Waals surface area contributed by atoms with E-state index in [0.29, 0.717) is 12.1 Å². The molecule has 1 N–H and O–H groups in total. The highest BCUT2D eigenvalue weighted by Crippen LogP contribution is 2.23. The average molecular weight is 225 g/mol. The lowest BCUT2D eigenvalue weighted by molar-refractivity contribution is -0.133. The second-order valence-electron chi connectivity index (χ2n) is 4.52. The van der Waals surface area contributed by atoms with Gasteiger partial charge in [0.2, 0.25) is 0 Å². The molecule has 1 heterocycles. The van der Waals surface area contributed by atoms with Gasteiger partial charge in [-0.05, 0) is 32.2 Å². The highest BCUT2D eigenvalue weighted by atomic mass is 16.4. The lowest BCUT2D eigenvalue weighted by Crippen LogP contribution is -2.34. The summed E-state index contributed by atoms with van der Waals surface area (Å²) < 4.78 is 0. The van der Waals surface area contributed by atoms with Crippen molar-refractivity contribution in [2.24, 2.45) is 0 Å². The largest absolute Gasteiger partial charge is 0.478 e. The number of hydrogen-bond donors (Lipinski definition) is 1. The fourth-order valence-electron chi connectivity index (χ4n) is 2.25. The van der Waals surface area contributed by atoms with Crippen molar-refractivity contribution in [3.05, 3.63) is 11.1 Å². The van der Waals surface area contributed by atoms with Crippen LogP contribution in [0.5, 0.6) is 0 Å². The maximum atomic E-state index is 11.2. The minimum atomic E-state index is -0.716. The molecule has 3 nitrogen and oxygen atoms in total. The Morgan fingerprint density at radius 1 is 1.38 bits per heavy atom. The zero-order chi connectivity index (χ0) is 12.0. The van der Waals surface area contributed by atoms with Crippen molar-refractivity contribution in [2.75, 3.05) is 19.6 Å². The summed E-state index contributed by atoms with van der Waals surface area (Å²) in [6, 6.07) is 0. The van der Waals surface area contributed by atoms with Gasteiger partial charge in [-0.1, -0.05) is 25.8 Å². The van der Waals surface area contributed by atoms with Crippen LogP contribution in [0.2, 0.25) is 0 Å². The van der Waals surface area contributed by atoms with Gasteiger partial charge in [0, 0.05) is 13.1 Å². The van der Waals surface area contributed by atoms with Crippen LogP contribution in [0.3, 0.4) is 0 Å². The molecule has 16 heavy (non-hydrogen) atoms. The molecule has 1 aliphatic rings. The van der Waals surface area contributed by atoms with Crippen LogP contribution in [-0.4, -0.2) is 35.6 Å². The lowest BCUT2D eigenvalue weighted by atomic mass is 9.95. The van der Waals surface area contributed by atoms with Gasteiger partial charge in [0.25, 0.3) is 0 Å². The van der Waals surface area contributed by atoms with Crippen molar-refractivity contribution in [1.29, 1.82) is 0 Å². The van der Waals surface area contributed by atoms with E-state index in [-0.39, 0.29) is 0 Å². The first-order valence-corrected chi connectivity index (χ1v) is 6.35. The van der Waals surface area contributed by atoms with E-state index in [1.165, 1.54) is 5.57 Å². The Morgan fingerprint density at radius 2 is 2.12 bits per heavy atom. The van der Waals surface area contributed by atoms with Gasteiger partial charge in [-0.15, -0.1) is 0 Å². The van der Waals surface area contributed by atoms with Crippen molar-refractivity contribution < 1.29 is 9.90 Å². The molecule has 0 aromatic rings. The number of carbonyl (C=O) groups is 1. The van der Waals surface area contributed by atoms with Crippen LogP contribution in [0.25, 0.3) is 0 Å². The first-order valence-electron chi connectivity index (χ1n) is 6.35. The van der Waals surface area contributed by atoms with Crippen molar-refractivity contribution in [3.63, 3.8) is 0 Å². The van der Waals surface area contributed by atoms with Crippen molar-refractivity contribution >= 4 is 5.97 Å². The smallest absolute Gasteiger partial charge is 0.332 e. The molecule has 0 saturated heterocycles. The standard InChI is InChI=1S/C13H23NO2/c1-3-5-6-11-7-9-14(8-4-2)10-12(11)13(15)16/h3-10H2,1-2H3,(H,15,16). The number of carboxylic acid groups (broad SMARTS) is 1. The summed E-state index contributed by atoms with van der Waals surface area (Å²) in [5, 5.41) is 9.21. The summed E-state index contributed by atoms with van der Waals surface area (Å²) in [7, 11) is 0. The highest BCUT2D eigenvalue weighted by molar-refractivity contribution is 5.88. The highest BCUT2D eigenvalue weighted by Gasteiger charge is 2.22. The average Bonchev–Trinajstić information content (AvgIpc) is 2.27. The molecule has 0 spiro atoms. The molecule has 0 bridgehead atoms. The third kappa shape index (κ3) is 3.63. The summed E-state index contributed by atoms with van der Waals surface area (Å²) in [5.74, 6) is -0.716. The summed E-state index contributed by atoms with van der Waals surface area (Å²) in [5.41, 5.74) is 1.84. The number of rotatable bonds is 6. The third-order valence-electron chi connectivity index (χ3n) is 3.17. The predicted molar refractivity (Wildman–Crippen MR) is 65.5 cm³/mol. The second-order valence-corrected chi connectivity index (χ2v) is 4.52. The summed E-state index contributed by atoms with van der Waals surface area (Å²) in [6.45, 7) is 6.97. The van der Waals surface area contributed by atoms with Gasteiger partial charge in [0.05, 0.1) is 5.57 Å². The number of carboxylic acids is 1. The van der Waals surface area contributed by atoms with Gasteiger partial charge in [0.1, 0.15) is 0 Å². The molecule has 0 unspecified atom stereocenters. The first-order chi connectivity index (χ1) is 7.69. The molecule has 0 aromatic carbocycles. The Kier molecular flexibility index (Phi) is 5.53. The summed E-state index contributed by atoms with van der Waals surface area (Å²) in [4.78, 5) is 13.4. The van der Waals surface area contributed by atoms with Crippen LogP contribution >= 0.6 is 0 Å². The maximum Gasteiger partial charge on any atom is 0.332 e. The van der Waals surface area contributed by atoms with E-state index in [1.54, 1.807) is 0 Å². The van der Waals surface area contributed by atoms with Gasteiger partial charge >= 0.3 is 5.97 Å². The van der Waals surface area contributed by atoms with E-state index < -0.39 is 5.97 Å². The second kappa shape index (κ2) is 6.69. The molecule has 1 rings (SSSR count). The van der Waals surface area contributed by atoms with Crippen LogP contribution in [0.1, 0.15) is 46.0 Å². The number of hydrogen-bond acceptors (Lipinski definition) is 2. The molecule has 0 aromatic heterocycles. The summed E-state index contributed by atoms with van der Waals surface area (Å²) in [6.07, 6.45) is 5.26. The fraction of sp³-hybridized carbons (Fsp3) is 0.769. The quantitative estimate of drug-likeness (QED) is 0.755. The van der Waals surface area contributed by atoms with E-state index in [1.807, 2.05) is 0 Å². The zero-order valence-electron chi connectivity index (χ0n) is 10.5. The van der Waals surface area contributed by atoms with E-state index >= 15 is 0 Å². The Hall–Kier alpha value is -0.830. The third-order valence-corrected chi connectivity index (χ3v) is 3.17. The maximum absolute atomic E-state index is 11.2. The van der Waals surface area contributed by atoms with Gasteiger partial charge in [0.15, 0.2) is 0 Å². The molecule has 1 aliphatic heterocycles. The van der Waals surface area contributed by atoms with E-state index in [2.05, 4.69) is 18.7 Å². The van der Waals surface area contributed by atoms with Gasteiger partial charge in [-0.25, -0.2) is 4.79 Å². The summed E-state index contributed by atoms with van der Waals surface area (Å²) >= 11 is 0. The predicted octanol–water partition coefficient (Wildman–Crippen LogP) is 2.67. The van der Waals surface area contributed by atoms with Gasteiger partial charge < -0.3 is 5.11 Å². The van der Waals surface area contributed by atoms with Crippen molar-refractivity contribution in [2.45, 2.75) is 46.0 Å². The van der Waals surface area contributed by atoms with Crippen molar-refractivity contribution in [1.82, 2.24) is 4.90 Å². The van der Waals surface area contributed by atoms with E-state index in [9.17, 15) is 9.90 Å². The topological polar surface area (TPSA) is 40.5 Å². The molecule has 0 saturated carbocycles. The fourth-order valence-corrected chi connectivity index (χ4v) is 2.25. The first kappa shape index (κ1) is 13.2. The molecule has 0 aliphatic carbocycles. The zero-order valence-corrected chi connectivity index (χ0v) is 10.5. The molecule has 0 fully saturated rings. The number of nitrogens with zero attached hydrogens (tertiary/aromatic N) is 1. The lowest BCUT2D eigenvalue weighted by Gasteiger charge is -2.29. The molecule has 0 atom stereocenters. The number of unbranched alkanes of at least 4 members (excludes halogenated alkanes) is 1. The van der Waals surface area contributed by atoms with Crippen LogP contribution in [-0.2, 0) is 4.79 Å². The molecule has 0 radical (unpaired) electrons. The van der Waals surface area contributed by atoms with Gasteiger partial charge in [-0.3, -0.25) is 4.90 Å². The molecular weight excluding hydrogens is 202 g/mol. The van der Waals surface area contributed by atoms with Crippen LogP contribution in [0.15, 0.2) is 11.1 Å². The molecular formula is C13H23NO2. The molecule has 92 valence electrons.